The van der Waals surface area contributed by atoms with Gasteiger partial charge in [0.25, 0.3) is 0 Å². The maximum absolute atomic E-state index is 4.36. The third-order valence-corrected chi connectivity index (χ3v) is 3.57. The first kappa shape index (κ1) is 12.6. The van der Waals surface area contributed by atoms with Crippen molar-refractivity contribution in [3.05, 3.63) is 48.5 Å². The molecule has 0 aliphatic carbocycles. The number of rotatable bonds is 3. The van der Waals surface area contributed by atoms with Crippen molar-refractivity contribution in [1.82, 2.24) is 40.6 Å². The first-order valence-corrected chi connectivity index (χ1v) is 6.82. The number of pyridine rings is 1. The Morgan fingerprint density at radius 3 is 2.91 bits per heavy atom. The molecular formula is C14H12N8. The van der Waals surface area contributed by atoms with Gasteiger partial charge in [0.15, 0.2) is 5.82 Å². The third kappa shape index (κ3) is 2.01. The first-order chi connectivity index (χ1) is 10.8. The normalized spacial score (nSPS) is 12.6. The van der Waals surface area contributed by atoms with Gasteiger partial charge in [-0.2, -0.15) is 5.21 Å². The quantitative estimate of drug-likeness (QED) is 0.616. The van der Waals surface area contributed by atoms with Crippen molar-refractivity contribution in [2.24, 2.45) is 0 Å². The van der Waals surface area contributed by atoms with Gasteiger partial charge < -0.3 is 0 Å². The molecule has 0 radical (unpaired) electrons. The minimum Gasteiger partial charge on any atom is -0.256 e. The second kappa shape index (κ2) is 4.99. The summed E-state index contributed by atoms with van der Waals surface area (Å²) in [4.78, 5) is 4.36. The Morgan fingerprint density at radius 2 is 2.05 bits per heavy atom. The van der Waals surface area contributed by atoms with Crippen LogP contribution in [-0.4, -0.2) is 40.6 Å². The highest BCUT2D eigenvalue weighted by Gasteiger charge is 2.16. The van der Waals surface area contributed by atoms with E-state index in [1.165, 1.54) is 0 Å². The molecule has 4 aromatic rings. The van der Waals surface area contributed by atoms with E-state index in [4.69, 9.17) is 0 Å². The molecule has 22 heavy (non-hydrogen) atoms. The molecule has 108 valence electrons. The minimum atomic E-state index is -0.145. The zero-order valence-corrected chi connectivity index (χ0v) is 11.7. The maximum atomic E-state index is 4.36. The van der Waals surface area contributed by atoms with Crippen LogP contribution in [0.2, 0.25) is 0 Å². The largest absolute Gasteiger partial charge is 0.256 e. The van der Waals surface area contributed by atoms with Gasteiger partial charge in [0.05, 0.1) is 11.7 Å². The molecule has 1 unspecified atom stereocenters. The molecule has 1 aromatic carbocycles. The Hall–Kier alpha value is -3.16. The standard InChI is InChI=1S/C14H12N8/c1-9(14-17-19-20-18-14)22-8-13(16-21-22)11-6-7-15-12-5-3-2-4-10(11)12/h2-9H,1H3,(H,17,18,19,20). The van der Waals surface area contributed by atoms with Crippen molar-refractivity contribution in [1.29, 1.82) is 0 Å². The molecule has 3 aromatic heterocycles. The van der Waals surface area contributed by atoms with Gasteiger partial charge in [0.1, 0.15) is 11.7 Å². The lowest BCUT2D eigenvalue weighted by molar-refractivity contribution is 0.519. The molecule has 0 saturated carbocycles. The Labute approximate surface area is 125 Å². The molecule has 0 spiro atoms. The summed E-state index contributed by atoms with van der Waals surface area (Å²) in [7, 11) is 0. The van der Waals surface area contributed by atoms with Gasteiger partial charge in [-0.05, 0) is 19.1 Å². The molecule has 0 bridgehead atoms. The highest BCUT2D eigenvalue weighted by Crippen LogP contribution is 2.26. The number of hydrogen-bond acceptors (Lipinski definition) is 6. The minimum absolute atomic E-state index is 0.145. The predicted octanol–water partition coefficient (Wildman–Crippen LogP) is 1.62. The first-order valence-electron chi connectivity index (χ1n) is 6.82. The molecule has 3 heterocycles. The zero-order valence-electron chi connectivity index (χ0n) is 11.7. The molecule has 0 aliphatic heterocycles. The van der Waals surface area contributed by atoms with Crippen LogP contribution in [0.1, 0.15) is 18.8 Å². The molecule has 0 fully saturated rings. The fourth-order valence-corrected chi connectivity index (χ4v) is 2.37. The molecule has 0 aliphatic rings. The van der Waals surface area contributed by atoms with Crippen LogP contribution in [-0.2, 0) is 0 Å². The van der Waals surface area contributed by atoms with E-state index in [-0.39, 0.29) is 6.04 Å². The van der Waals surface area contributed by atoms with Crippen LogP contribution in [0.15, 0.2) is 42.7 Å². The van der Waals surface area contributed by atoms with Gasteiger partial charge in [0, 0.05) is 17.1 Å². The van der Waals surface area contributed by atoms with Gasteiger partial charge in [0.2, 0.25) is 0 Å². The number of H-pyrrole nitrogens is 1. The molecular weight excluding hydrogens is 280 g/mol. The molecule has 4 rings (SSSR count). The predicted molar refractivity (Wildman–Crippen MR) is 78.7 cm³/mol. The zero-order chi connectivity index (χ0) is 14.9. The average molecular weight is 292 g/mol. The highest BCUT2D eigenvalue weighted by molar-refractivity contribution is 5.92. The molecule has 8 heteroatoms. The van der Waals surface area contributed by atoms with E-state index >= 15 is 0 Å². The van der Waals surface area contributed by atoms with E-state index in [1.807, 2.05) is 43.5 Å². The Bertz CT molecular complexity index is 906. The molecule has 1 N–H and O–H groups in total. The summed E-state index contributed by atoms with van der Waals surface area (Å²) < 4.78 is 1.72. The lowest BCUT2D eigenvalue weighted by Gasteiger charge is -2.05. The van der Waals surface area contributed by atoms with Gasteiger partial charge in [-0.25, -0.2) is 4.68 Å². The van der Waals surface area contributed by atoms with Crippen molar-refractivity contribution < 1.29 is 0 Å². The van der Waals surface area contributed by atoms with E-state index in [0.717, 1.165) is 22.2 Å². The van der Waals surface area contributed by atoms with Crippen LogP contribution in [0.4, 0.5) is 0 Å². The summed E-state index contributed by atoms with van der Waals surface area (Å²) in [6.07, 6.45) is 3.65. The second-order valence-corrected chi connectivity index (χ2v) is 4.91. The van der Waals surface area contributed by atoms with Gasteiger partial charge >= 0.3 is 0 Å². The van der Waals surface area contributed by atoms with E-state index in [0.29, 0.717) is 5.82 Å². The van der Waals surface area contributed by atoms with Crippen LogP contribution < -0.4 is 0 Å². The number of tetrazole rings is 1. The number of hydrogen-bond donors (Lipinski definition) is 1. The summed E-state index contributed by atoms with van der Waals surface area (Å²) in [5.74, 6) is 0.566. The summed E-state index contributed by atoms with van der Waals surface area (Å²) >= 11 is 0. The lowest BCUT2D eigenvalue weighted by Crippen LogP contribution is -2.09. The molecule has 1 atom stereocenters. The smallest absolute Gasteiger partial charge is 0.198 e. The number of para-hydroxylation sites is 1. The van der Waals surface area contributed by atoms with E-state index in [9.17, 15) is 0 Å². The van der Waals surface area contributed by atoms with E-state index < -0.39 is 0 Å². The SMILES string of the molecule is CC(c1nn[nH]n1)n1cc(-c2ccnc3ccccc23)nn1. The van der Waals surface area contributed by atoms with Crippen molar-refractivity contribution in [3.63, 3.8) is 0 Å². The summed E-state index contributed by atoms with van der Waals surface area (Å²) in [5.41, 5.74) is 2.71. The molecule has 0 saturated heterocycles. The van der Waals surface area contributed by atoms with Crippen LogP contribution in [0.5, 0.6) is 0 Å². The second-order valence-electron chi connectivity index (χ2n) is 4.91. The Morgan fingerprint density at radius 1 is 1.14 bits per heavy atom. The fourth-order valence-electron chi connectivity index (χ4n) is 2.37. The summed E-state index contributed by atoms with van der Waals surface area (Å²) in [5, 5.41) is 23.5. The van der Waals surface area contributed by atoms with Crippen LogP contribution in [0, 0.1) is 0 Å². The van der Waals surface area contributed by atoms with Crippen LogP contribution in [0.25, 0.3) is 22.2 Å². The van der Waals surface area contributed by atoms with Gasteiger partial charge in [-0.3, -0.25) is 4.98 Å². The highest BCUT2D eigenvalue weighted by atomic mass is 15.5. The van der Waals surface area contributed by atoms with Gasteiger partial charge in [-0.15, -0.1) is 15.3 Å². The van der Waals surface area contributed by atoms with Crippen molar-refractivity contribution in [3.8, 4) is 11.3 Å². The number of nitrogens with one attached hydrogen (secondary N) is 1. The van der Waals surface area contributed by atoms with Crippen molar-refractivity contribution >= 4 is 10.9 Å². The number of benzene rings is 1. The Balaban J connectivity index is 1.77. The third-order valence-electron chi connectivity index (χ3n) is 3.57. The van der Waals surface area contributed by atoms with Crippen molar-refractivity contribution in [2.75, 3.05) is 0 Å². The van der Waals surface area contributed by atoms with Crippen LogP contribution in [0.3, 0.4) is 0 Å². The van der Waals surface area contributed by atoms with E-state index in [1.54, 1.807) is 10.9 Å². The van der Waals surface area contributed by atoms with Crippen molar-refractivity contribution in [2.45, 2.75) is 13.0 Å². The fraction of sp³-hybridized carbons (Fsp3) is 0.143. The lowest BCUT2D eigenvalue weighted by atomic mass is 10.1. The maximum Gasteiger partial charge on any atom is 0.198 e. The summed E-state index contributed by atoms with van der Waals surface area (Å²) in [6.45, 7) is 1.94. The Kier molecular flexibility index (Phi) is 2.85. The number of aromatic amines is 1. The molecule has 8 nitrogen and oxygen atoms in total. The molecule has 0 amide bonds. The topological polar surface area (TPSA) is 98.1 Å². The monoisotopic (exact) mass is 292 g/mol. The number of fused-ring (bicyclic) bond motifs is 1. The average Bonchev–Trinajstić information content (AvgIpc) is 3.25. The summed E-state index contributed by atoms with van der Waals surface area (Å²) in [6, 6.07) is 9.75. The number of nitrogens with zero attached hydrogens (tertiary/aromatic N) is 7. The van der Waals surface area contributed by atoms with Gasteiger partial charge in [-0.1, -0.05) is 28.6 Å². The number of aromatic nitrogens is 8. The van der Waals surface area contributed by atoms with Crippen LogP contribution >= 0.6 is 0 Å². The van der Waals surface area contributed by atoms with E-state index in [2.05, 4.69) is 35.9 Å².